The molecule has 0 radical (unpaired) electrons. The maximum absolute atomic E-state index is 13.4. The van der Waals surface area contributed by atoms with Crippen molar-refractivity contribution >= 4 is 17.5 Å². The van der Waals surface area contributed by atoms with Gasteiger partial charge < -0.3 is 9.72 Å². The molecule has 1 atom stereocenters. The first-order valence-corrected chi connectivity index (χ1v) is 12.6. The largest absolute Gasteiger partial charge is 0.497 e. The van der Waals surface area contributed by atoms with Crippen LogP contribution in [0, 0.1) is 5.41 Å². The minimum atomic E-state index is -4.37. The number of hydrogen-bond donors (Lipinski definition) is 1. The lowest BCUT2D eigenvalue weighted by Crippen LogP contribution is -2.28. The molecule has 3 aromatic rings. The number of aromatic amines is 1. The van der Waals surface area contributed by atoms with Crippen molar-refractivity contribution < 1.29 is 22.7 Å². The van der Waals surface area contributed by atoms with E-state index < -0.39 is 16.5 Å². The number of alkyl halides is 3. The van der Waals surface area contributed by atoms with E-state index >= 15 is 0 Å². The van der Waals surface area contributed by atoms with Crippen molar-refractivity contribution in [2.75, 3.05) is 7.11 Å². The quantitative estimate of drug-likeness (QED) is 0.247. The Bertz CT molecular complexity index is 1290. The van der Waals surface area contributed by atoms with E-state index in [0.29, 0.717) is 11.6 Å². The molecule has 1 aromatic heterocycles. The van der Waals surface area contributed by atoms with Crippen LogP contribution >= 0.6 is 11.8 Å². The van der Waals surface area contributed by atoms with E-state index in [0.717, 1.165) is 11.1 Å². The number of Topliss-reactive ketones (excluding diaryl/α,β-unsaturated/α-hetero) is 1. The summed E-state index contributed by atoms with van der Waals surface area (Å²) in [7, 11) is 1.58. The van der Waals surface area contributed by atoms with Gasteiger partial charge in [0.15, 0.2) is 5.78 Å². The number of ether oxygens (including phenoxy) is 1. The number of ketones is 1. The van der Waals surface area contributed by atoms with Crippen LogP contribution in [0.1, 0.15) is 74.4 Å². The van der Waals surface area contributed by atoms with Crippen LogP contribution in [0.4, 0.5) is 13.2 Å². The molecule has 0 saturated heterocycles. The van der Waals surface area contributed by atoms with Gasteiger partial charge in [-0.2, -0.15) is 13.2 Å². The summed E-state index contributed by atoms with van der Waals surface area (Å²) in [5.41, 5.74) is -4.20. The third-order valence-electron chi connectivity index (χ3n) is 6.38. The van der Waals surface area contributed by atoms with Gasteiger partial charge in [0.05, 0.1) is 7.11 Å². The summed E-state index contributed by atoms with van der Waals surface area (Å²) in [5.74, 6) is 0.438. The van der Waals surface area contributed by atoms with Crippen LogP contribution < -0.4 is 10.3 Å². The number of benzene rings is 2. The van der Waals surface area contributed by atoms with Crippen LogP contribution in [0.2, 0.25) is 0 Å². The summed E-state index contributed by atoms with van der Waals surface area (Å²) in [6.45, 7) is 9.70. The smallest absolute Gasteiger partial charge is 0.446 e. The number of methoxy groups -OCH3 is 1. The zero-order chi connectivity index (χ0) is 27.6. The molecule has 0 aliphatic carbocycles. The minimum absolute atomic E-state index is 0.0497. The highest BCUT2D eigenvalue weighted by atomic mass is 32.2. The van der Waals surface area contributed by atoms with Crippen molar-refractivity contribution in [2.45, 2.75) is 62.8 Å². The normalized spacial score (nSPS) is 13.3. The number of H-pyrrole nitrogens is 1. The maximum atomic E-state index is 13.4. The molecular formula is C28H31F3N2O3S. The van der Waals surface area contributed by atoms with Crippen molar-refractivity contribution in [3.63, 3.8) is 0 Å². The Morgan fingerprint density at radius 2 is 1.59 bits per heavy atom. The lowest BCUT2D eigenvalue weighted by molar-refractivity contribution is -0.0328. The van der Waals surface area contributed by atoms with E-state index in [2.05, 4.69) is 9.97 Å². The molecule has 5 nitrogen and oxygen atoms in total. The third kappa shape index (κ3) is 7.25. The van der Waals surface area contributed by atoms with Gasteiger partial charge >= 0.3 is 5.51 Å². The number of halogens is 3. The second kappa shape index (κ2) is 10.7. The Morgan fingerprint density at radius 1 is 1.00 bits per heavy atom. The van der Waals surface area contributed by atoms with Gasteiger partial charge in [0.1, 0.15) is 17.3 Å². The standard InChI is InChI=1S/C28H31F3N2O3S/c1-26(2,3)21(17-7-13-20(14-8-17)37-28(29,30)31)15-23(34)22-16-24(35)33-25(32-22)27(4,5)18-9-11-19(36-6)12-10-18/h7-14,16,21H,15H2,1-6H3,(H,32,33,35)/t21-/m0/s1. The molecule has 0 saturated carbocycles. The lowest BCUT2D eigenvalue weighted by atomic mass is 9.73. The molecule has 0 amide bonds. The number of thioether (sulfide) groups is 1. The molecule has 1 N–H and O–H groups in total. The predicted molar refractivity (Wildman–Crippen MR) is 139 cm³/mol. The summed E-state index contributed by atoms with van der Waals surface area (Å²) >= 11 is -0.177. The van der Waals surface area contributed by atoms with Gasteiger partial charge in [0, 0.05) is 22.8 Å². The highest BCUT2D eigenvalue weighted by Crippen LogP contribution is 2.41. The van der Waals surface area contributed by atoms with Crippen LogP contribution in [-0.2, 0) is 5.41 Å². The fourth-order valence-electron chi connectivity index (χ4n) is 4.16. The molecule has 1 heterocycles. The average Bonchev–Trinajstić information content (AvgIpc) is 2.81. The maximum Gasteiger partial charge on any atom is 0.446 e. The van der Waals surface area contributed by atoms with E-state index in [9.17, 15) is 22.8 Å². The highest BCUT2D eigenvalue weighted by molar-refractivity contribution is 8.00. The van der Waals surface area contributed by atoms with Crippen molar-refractivity contribution in [3.05, 3.63) is 87.6 Å². The Labute approximate surface area is 218 Å². The van der Waals surface area contributed by atoms with Crippen LogP contribution in [0.15, 0.2) is 64.3 Å². The lowest BCUT2D eigenvalue weighted by Gasteiger charge is -2.31. The second-order valence-corrected chi connectivity index (χ2v) is 11.6. The van der Waals surface area contributed by atoms with Crippen LogP contribution in [-0.4, -0.2) is 28.4 Å². The molecule has 198 valence electrons. The van der Waals surface area contributed by atoms with Gasteiger partial charge in [0.25, 0.3) is 5.56 Å². The number of nitrogens with zero attached hydrogens (tertiary/aromatic N) is 1. The van der Waals surface area contributed by atoms with Gasteiger partial charge in [-0.1, -0.05) is 45.0 Å². The van der Waals surface area contributed by atoms with Gasteiger partial charge in [0.2, 0.25) is 0 Å². The van der Waals surface area contributed by atoms with Gasteiger partial charge in [-0.25, -0.2) is 4.98 Å². The number of rotatable bonds is 8. The number of aromatic nitrogens is 2. The molecular weight excluding hydrogens is 501 g/mol. The molecule has 0 aliphatic heterocycles. The number of hydrogen-bond acceptors (Lipinski definition) is 5. The van der Waals surface area contributed by atoms with Crippen molar-refractivity contribution in [1.29, 1.82) is 0 Å². The molecule has 2 aromatic carbocycles. The SMILES string of the molecule is COc1ccc(C(C)(C)c2nc(C(=O)C[C@@H](c3ccc(SC(F)(F)F)cc3)C(C)(C)C)cc(=O)[nH]2)cc1. The highest BCUT2D eigenvalue weighted by Gasteiger charge is 2.32. The van der Waals surface area contributed by atoms with E-state index in [-0.39, 0.29) is 45.9 Å². The molecule has 3 rings (SSSR count). The monoisotopic (exact) mass is 532 g/mol. The van der Waals surface area contributed by atoms with Crippen LogP contribution in [0.5, 0.6) is 5.75 Å². The molecule has 0 spiro atoms. The molecule has 0 fully saturated rings. The van der Waals surface area contributed by atoms with Crippen molar-refractivity contribution in [1.82, 2.24) is 9.97 Å². The summed E-state index contributed by atoms with van der Waals surface area (Å²) in [5, 5.41) is 0. The summed E-state index contributed by atoms with van der Waals surface area (Å²) in [6, 6.07) is 14.7. The molecule has 37 heavy (non-hydrogen) atoms. The summed E-state index contributed by atoms with van der Waals surface area (Å²) in [6.07, 6.45) is 0.0497. The van der Waals surface area contributed by atoms with Gasteiger partial charge in [-0.05, 0) is 72.3 Å². The van der Waals surface area contributed by atoms with Crippen LogP contribution in [0.25, 0.3) is 0 Å². The van der Waals surface area contributed by atoms with E-state index in [1.807, 2.05) is 58.9 Å². The first-order chi connectivity index (χ1) is 17.1. The van der Waals surface area contributed by atoms with E-state index in [1.54, 1.807) is 19.2 Å². The Hall–Kier alpha value is -3.07. The number of nitrogens with one attached hydrogen (secondary N) is 1. The third-order valence-corrected chi connectivity index (χ3v) is 7.12. The molecule has 0 aliphatic rings. The van der Waals surface area contributed by atoms with E-state index in [4.69, 9.17) is 4.74 Å². The summed E-state index contributed by atoms with van der Waals surface area (Å²) < 4.78 is 43.4. The van der Waals surface area contributed by atoms with Gasteiger partial charge in [-0.15, -0.1) is 0 Å². The van der Waals surface area contributed by atoms with Gasteiger partial charge in [-0.3, -0.25) is 9.59 Å². The van der Waals surface area contributed by atoms with Crippen LogP contribution in [0.3, 0.4) is 0 Å². The number of carbonyl (C=O) groups excluding carboxylic acids is 1. The Balaban J connectivity index is 1.91. The zero-order valence-electron chi connectivity index (χ0n) is 21.7. The molecule has 9 heteroatoms. The zero-order valence-corrected chi connectivity index (χ0v) is 22.5. The fraction of sp³-hybridized carbons (Fsp3) is 0.393. The second-order valence-electron chi connectivity index (χ2n) is 10.5. The Morgan fingerprint density at radius 3 is 2.11 bits per heavy atom. The number of carbonyl (C=O) groups is 1. The predicted octanol–water partition coefficient (Wildman–Crippen LogP) is 7.12. The van der Waals surface area contributed by atoms with Crippen molar-refractivity contribution in [3.8, 4) is 5.75 Å². The van der Waals surface area contributed by atoms with E-state index in [1.165, 1.54) is 18.2 Å². The minimum Gasteiger partial charge on any atom is -0.497 e. The fourth-order valence-corrected chi connectivity index (χ4v) is 4.70. The Kier molecular flexibility index (Phi) is 8.27. The summed E-state index contributed by atoms with van der Waals surface area (Å²) in [4.78, 5) is 33.3. The topological polar surface area (TPSA) is 72.0 Å². The first kappa shape index (κ1) is 28.5. The first-order valence-electron chi connectivity index (χ1n) is 11.8. The van der Waals surface area contributed by atoms with Crippen molar-refractivity contribution in [2.24, 2.45) is 5.41 Å². The average molecular weight is 533 g/mol. The molecule has 0 bridgehead atoms. The molecule has 0 unspecified atom stereocenters.